The Hall–Kier alpha value is -1.34. The van der Waals surface area contributed by atoms with Crippen LogP contribution >= 0.6 is 0 Å². The molecule has 0 radical (unpaired) electrons. The minimum Gasteiger partial charge on any atom is -0.504 e. The van der Waals surface area contributed by atoms with E-state index in [9.17, 15) is 5.11 Å². The largest absolute Gasteiger partial charge is 0.504 e. The molecule has 1 atom stereocenters. The summed E-state index contributed by atoms with van der Waals surface area (Å²) < 4.78 is 5.46. The van der Waals surface area contributed by atoms with Crippen LogP contribution in [0.15, 0.2) is 18.2 Å². The van der Waals surface area contributed by atoms with Crippen molar-refractivity contribution in [3.63, 3.8) is 0 Å². The van der Waals surface area contributed by atoms with Crippen LogP contribution in [-0.4, -0.2) is 72.5 Å². The second kappa shape index (κ2) is 8.33. The number of piperazine rings is 1. The van der Waals surface area contributed by atoms with Gasteiger partial charge in [0.25, 0.3) is 0 Å². The van der Waals surface area contributed by atoms with Crippen molar-refractivity contribution in [3.8, 4) is 11.5 Å². The molecule has 1 heterocycles. The molecule has 124 valence electrons. The first-order valence-electron chi connectivity index (χ1n) is 7.92. The highest BCUT2D eigenvalue weighted by atomic mass is 16.5. The van der Waals surface area contributed by atoms with Gasteiger partial charge in [-0.15, -0.1) is 0 Å². The molecular weight excluding hydrogens is 282 g/mol. The fourth-order valence-electron chi connectivity index (χ4n) is 2.95. The highest BCUT2D eigenvalue weighted by Gasteiger charge is 2.24. The van der Waals surface area contributed by atoms with E-state index >= 15 is 0 Å². The number of rotatable bonds is 7. The van der Waals surface area contributed by atoms with Gasteiger partial charge in [0.15, 0.2) is 11.5 Å². The molecular formula is C16H27N3O3. The summed E-state index contributed by atoms with van der Waals surface area (Å²) in [5.74, 6) is 0.673. The second-order valence-corrected chi connectivity index (χ2v) is 5.51. The first kappa shape index (κ1) is 17.0. The highest BCUT2D eigenvalue weighted by molar-refractivity contribution is 5.43. The van der Waals surface area contributed by atoms with Gasteiger partial charge in [0.1, 0.15) is 0 Å². The Morgan fingerprint density at radius 1 is 1.27 bits per heavy atom. The van der Waals surface area contributed by atoms with Gasteiger partial charge in [-0.1, -0.05) is 6.07 Å². The predicted molar refractivity (Wildman–Crippen MR) is 86.2 cm³/mol. The summed E-state index contributed by atoms with van der Waals surface area (Å²) in [5, 5.41) is 18.8. The summed E-state index contributed by atoms with van der Waals surface area (Å²) >= 11 is 0. The van der Waals surface area contributed by atoms with E-state index in [4.69, 9.17) is 15.6 Å². The maximum Gasteiger partial charge on any atom is 0.161 e. The molecule has 1 aromatic rings. The summed E-state index contributed by atoms with van der Waals surface area (Å²) in [5.41, 5.74) is 7.06. The standard InChI is InChI=1S/C16H27N3O3/c1-2-22-16-11-13(3-4-15(16)21)14(12-17)19-7-5-18(6-8-19)9-10-20/h3-4,11,14,20-21H,2,5-10,12,17H2,1H3. The number of nitrogens with zero attached hydrogens (tertiary/aromatic N) is 2. The van der Waals surface area contributed by atoms with Crippen molar-refractivity contribution in [2.45, 2.75) is 13.0 Å². The number of phenolic OH excluding ortho intramolecular Hbond substituents is 1. The van der Waals surface area contributed by atoms with Crippen molar-refractivity contribution >= 4 is 0 Å². The maximum absolute atomic E-state index is 9.82. The lowest BCUT2D eigenvalue weighted by Gasteiger charge is -2.39. The minimum atomic E-state index is 0.121. The highest BCUT2D eigenvalue weighted by Crippen LogP contribution is 2.31. The third-order valence-corrected chi connectivity index (χ3v) is 4.16. The van der Waals surface area contributed by atoms with Gasteiger partial charge in [-0.25, -0.2) is 0 Å². The summed E-state index contributed by atoms with van der Waals surface area (Å²) in [6, 6.07) is 5.59. The Morgan fingerprint density at radius 2 is 2.00 bits per heavy atom. The third-order valence-electron chi connectivity index (χ3n) is 4.16. The topological polar surface area (TPSA) is 82.2 Å². The molecule has 1 aliphatic rings. The minimum absolute atomic E-state index is 0.121. The molecule has 0 aliphatic carbocycles. The first-order chi connectivity index (χ1) is 10.7. The van der Waals surface area contributed by atoms with Gasteiger partial charge in [-0.2, -0.15) is 0 Å². The number of phenols is 1. The normalized spacial score (nSPS) is 18.3. The molecule has 1 aliphatic heterocycles. The van der Waals surface area contributed by atoms with E-state index in [1.54, 1.807) is 6.07 Å². The van der Waals surface area contributed by atoms with Crippen LogP contribution in [0.3, 0.4) is 0 Å². The zero-order chi connectivity index (χ0) is 15.9. The molecule has 1 aromatic carbocycles. The van der Waals surface area contributed by atoms with Gasteiger partial charge in [0.2, 0.25) is 0 Å². The van der Waals surface area contributed by atoms with Gasteiger partial charge in [0, 0.05) is 45.3 Å². The Kier molecular flexibility index (Phi) is 6.45. The molecule has 1 saturated heterocycles. The Labute approximate surface area is 132 Å². The van der Waals surface area contributed by atoms with E-state index in [1.165, 1.54) is 0 Å². The van der Waals surface area contributed by atoms with Crippen molar-refractivity contribution < 1.29 is 14.9 Å². The average Bonchev–Trinajstić information content (AvgIpc) is 2.53. The van der Waals surface area contributed by atoms with Gasteiger partial charge < -0.3 is 20.7 Å². The molecule has 2 rings (SSSR count). The maximum atomic E-state index is 9.82. The number of aliphatic hydroxyl groups excluding tert-OH is 1. The zero-order valence-corrected chi connectivity index (χ0v) is 13.2. The molecule has 4 N–H and O–H groups in total. The number of ether oxygens (including phenoxy) is 1. The molecule has 0 aromatic heterocycles. The molecule has 1 unspecified atom stereocenters. The average molecular weight is 309 g/mol. The van der Waals surface area contributed by atoms with Crippen LogP contribution < -0.4 is 10.5 Å². The lowest BCUT2D eigenvalue weighted by molar-refractivity contribution is 0.0856. The van der Waals surface area contributed by atoms with Crippen molar-refractivity contribution in [2.24, 2.45) is 5.73 Å². The van der Waals surface area contributed by atoms with E-state index in [2.05, 4.69) is 9.80 Å². The first-order valence-corrected chi connectivity index (χ1v) is 7.92. The fourth-order valence-corrected chi connectivity index (χ4v) is 2.95. The Balaban J connectivity index is 2.07. The molecule has 0 bridgehead atoms. The number of benzene rings is 1. The van der Waals surface area contributed by atoms with Crippen molar-refractivity contribution in [3.05, 3.63) is 23.8 Å². The Morgan fingerprint density at radius 3 is 2.59 bits per heavy atom. The molecule has 22 heavy (non-hydrogen) atoms. The molecule has 0 spiro atoms. The number of aromatic hydroxyl groups is 1. The van der Waals surface area contributed by atoms with Crippen molar-refractivity contribution in [1.29, 1.82) is 0 Å². The summed E-state index contributed by atoms with van der Waals surface area (Å²) in [6.07, 6.45) is 0. The number of hydrogen-bond donors (Lipinski definition) is 3. The number of β-amino-alcohol motifs (C(OH)–C–C–N with tert-alkyl or cyclic N) is 1. The van der Waals surface area contributed by atoms with Crippen LogP contribution in [0, 0.1) is 0 Å². The van der Waals surface area contributed by atoms with Crippen molar-refractivity contribution in [1.82, 2.24) is 9.80 Å². The van der Waals surface area contributed by atoms with E-state index < -0.39 is 0 Å². The van der Waals surface area contributed by atoms with Gasteiger partial charge in [-0.05, 0) is 24.6 Å². The number of nitrogens with two attached hydrogens (primary N) is 1. The quantitative estimate of drug-likeness (QED) is 0.676. The molecule has 1 fully saturated rings. The van der Waals surface area contributed by atoms with E-state index in [1.807, 2.05) is 19.1 Å². The predicted octanol–water partition coefficient (Wildman–Crippen LogP) is 0.401. The van der Waals surface area contributed by atoms with Gasteiger partial charge in [-0.3, -0.25) is 9.80 Å². The van der Waals surface area contributed by atoms with E-state index in [0.717, 1.165) is 38.3 Å². The fraction of sp³-hybridized carbons (Fsp3) is 0.625. The van der Waals surface area contributed by atoms with Crippen LogP contribution in [0.25, 0.3) is 0 Å². The molecule has 0 amide bonds. The summed E-state index contributed by atoms with van der Waals surface area (Å²) in [7, 11) is 0. The molecule has 6 heteroatoms. The van der Waals surface area contributed by atoms with E-state index in [0.29, 0.717) is 18.9 Å². The van der Waals surface area contributed by atoms with Crippen molar-refractivity contribution in [2.75, 3.05) is 52.5 Å². The van der Waals surface area contributed by atoms with Gasteiger partial charge in [0.05, 0.1) is 13.2 Å². The van der Waals surface area contributed by atoms with Crippen LogP contribution in [-0.2, 0) is 0 Å². The van der Waals surface area contributed by atoms with Crippen LogP contribution in [0.2, 0.25) is 0 Å². The third kappa shape index (κ3) is 4.10. The number of hydrogen-bond acceptors (Lipinski definition) is 6. The summed E-state index contributed by atoms with van der Waals surface area (Å²) in [6.45, 7) is 7.60. The Bertz CT molecular complexity index is 462. The number of aliphatic hydroxyl groups is 1. The second-order valence-electron chi connectivity index (χ2n) is 5.51. The lowest BCUT2D eigenvalue weighted by Crippen LogP contribution is -2.49. The molecule has 6 nitrogen and oxygen atoms in total. The van der Waals surface area contributed by atoms with Gasteiger partial charge >= 0.3 is 0 Å². The zero-order valence-electron chi connectivity index (χ0n) is 13.2. The molecule has 0 saturated carbocycles. The smallest absolute Gasteiger partial charge is 0.161 e. The summed E-state index contributed by atoms with van der Waals surface area (Å²) in [4.78, 5) is 4.61. The van der Waals surface area contributed by atoms with Crippen LogP contribution in [0.5, 0.6) is 11.5 Å². The van der Waals surface area contributed by atoms with Crippen LogP contribution in [0.4, 0.5) is 0 Å². The lowest BCUT2D eigenvalue weighted by atomic mass is 10.0. The van der Waals surface area contributed by atoms with Crippen LogP contribution in [0.1, 0.15) is 18.5 Å². The SMILES string of the molecule is CCOc1cc(C(CN)N2CCN(CCO)CC2)ccc1O. The monoisotopic (exact) mass is 309 g/mol. The van der Waals surface area contributed by atoms with E-state index in [-0.39, 0.29) is 18.4 Å².